The Morgan fingerprint density at radius 1 is 1.33 bits per heavy atom. The zero-order valence-corrected chi connectivity index (χ0v) is 13.3. The molecule has 0 aliphatic carbocycles. The molecular weight excluding hydrogens is 242 g/mol. The zero-order chi connectivity index (χ0) is 13.7. The molecule has 1 aromatic heterocycles. The molecule has 1 N–H and O–H groups in total. The fraction of sp³-hybridized carbons (Fsp3) is 0.786. The number of hydrogen-bond donors (Lipinski definition) is 1. The van der Waals surface area contributed by atoms with Gasteiger partial charge in [-0.3, -0.25) is 4.90 Å². The van der Waals surface area contributed by atoms with Gasteiger partial charge in [-0.05, 0) is 19.9 Å². The molecule has 1 heterocycles. The molecule has 0 spiro atoms. The Bertz CT molecular complexity index is 347. The summed E-state index contributed by atoms with van der Waals surface area (Å²) in [5.74, 6) is 0.648. The van der Waals surface area contributed by atoms with Crippen molar-refractivity contribution in [3.05, 3.63) is 16.1 Å². The summed E-state index contributed by atoms with van der Waals surface area (Å²) in [6.45, 7) is 13.1. The summed E-state index contributed by atoms with van der Waals surface area (Å²) in [6.07, 6.45) is 0. The van der Waals surface area contributed by atoms with Gasteiger partial charge in [0.1, 0.15) is 0 Å². The second-order valence-corrected chi connectivity index (χ2v) is 6.59. The molecule has 0 aliphatic rings. The van der Waals surface area contributed by atoms with Gasteiger partial charge in [-0.15, -0.1) is 11.3 Å². The average molecular weight is 269 g/mol. The Hall–Kier alpha value is -0.450. The van der Waals surface area contributed by atoms with Gasteiger partial charge >= 0.3 is 0 Å². The molecule has 1 rings (SSSR count). The Morgan fingerprint density at radius 2 is 2.00 bits per heavy atom. The van der Waals surface area contributed by atoms with Crippen molar-refractivity contribution < 1.29 is 0 Å². The van der Waals surface area contributed by atoms with Crippen molar-refractivity contribution in [3.8, 4) is 0 Å². The summed E-state index contributed by atoms with van der Waals surface area (Å²) >= 11 is 1.76. The van der Waals surface area contributed by atoms with Gasteiger partial charge < -0.3 is 5.32 Å². The standard InChI is InChI=1S/C14H27N3S/c1-10(2)13(7-15-11(3)4)17(6)8-14-12(5)16-9-18-14/h9-11,13,15H,7-8H2,1-6H3. The first-order valence-corrected chi connectivity index (χ1v) is 7.62. The third kappa shape index (κ3) is 4.67. The molecule has 104 valence electrons. The maximum atomic E-state index is 4.32. The number of nitrogens with one attached hydrogen (secondary N) is 1. The highest BCUT2D eigenvalue weighted by Gasteiger charge is 2.19. The van der Waals surface area contributed by atoms with E-state index >= 15 is 0 Å². The molecule has 3 nitrogen and oxygen atoms in total. The molecule has 0 amide bonds. The highest BCUT2D eigenvalue weighted by atomic mass is 32.1. The van der Waals surface area contributed by atoms with Crippen LogP contribution in [0.1, 0.15) is 38.3 Å². The van der Waals surface area contributed by atoms with Crippen LogP contribution in [0.3, 0.4) is 0 Å². The topological polar surface area (TPSA) is 28.2 Å². The van der Waals surface area contributed by atoms with E-state index in [9.17, 15) is 0 Å². The molecule has 0 saturated heterocycles. The first kappa shape index (κ1) is 15.6. The Labute approximate surface area is 116 Å². The lowest BCUT2D eigenvalue weighted by Crippen LogP contribution is -2.44. The molecule has 1 unspecified atom stereocenters. The number of likely N-dealkylation sites (N-methyl/N-ethyl adjacent to an activating group) is 1. The van der Waals surface area contributed by atoms with Crippen molar-refractivity contribution in [2.45, 2.75) is 53.2 Å². The van der Waals surface area contributed by atoms with Gasteiger partial charge in [0, 0.05) is 30.1 Å². The summed E-state index contributed by atoms with van der Waals surface area (Å²) in [6, 6.07) is 1.11. The predicted molar refractivity (Wildman–Crippen MR) is 80.1 cm³/mol. The first-order valence-electron chi connectivity index (χ1n) is 6.74. The average Bonchev–Trinajstić information content (AvgIpc) is 2.63. The molecule has 1 aromatic rings. The van der Waals surface area contributed by atoms with Crippen molar-refractivity contribution in [1.29, 1.82) is 0 Å². The van der Waals surface area contributed by atoms with Crippen molar-refractivity contribution >= 4 is 11.3 Å². The van der Waals surface area contributed by atoms with Crippen molar-refractivity contribution in [2.24, 2.45) is 5.92 Å². The normalized spacial score (nSPS) is 13.8. The second kappa shape index (κ2) is 7.22. The van der Waals surface area contributed by atoms with E-state index in [2.05, 4.69) is 56.9 Å². The van der Waals surface area contributed by atoms with E-state index in [1.807, 2.05) is 5.51 Å². The molecule has 1 atom stereocenters. The summed E-state index contributed by atoms with van der Waals surface area (Å²) in [7, 11) is 2.21. The monoisotopic (exact) mass is 269 g/mol. The van der Waals surface area contributed by atoms with Crippen LogP contribution in [0.2, 0.25) is 0 Å². The molecule has 4 heteroatoms. The van der Waals surface area contributed by atoms with Gasteiger partial charge in [0.25, 0.3) is 0 Å². The van der Waals surface area contributed by atoms with E-state index in [4.69, 9.17) is 0 Å². The molecule has 18 heavy (non-hydrogen) atoms. The van der Waals surface area contributed by atoms with E-state index in [1.54, 1.807) is 11.3 Å². The SMILES string of the molecule is Cc1ncsc1CN(C)C(CNC(C)C)C(C)C. The van der Waals surface area contributed by atoms with Crippen LogP contribution in [0.15, 0.2) is 5.51 Å². The summed E-state index contributed by atoms with van der Waals surface area (Å²) < 4.78 is 0. The first-order chi connectivity index (χ1) is 8.41. The number of nitrogens with zero attached hydrogens (tertiary/aromatic N) is 2. The van der Waals surface area contributed by atoms with Crippen molar-refractivity contribution in [2.75, 3.05) is 13.6 Å². The van der Waals surface area contributed by atoms with Gasteiger partial charge in [-0.2, -0.15) is 0 Å². The van der Waals surface area contributed by atoms with Crippen LogP contribution in [0.25, 0.3) is 0 Å². The minimum absolute atomic E-state index is 0.546. The third-order valence-electron chi connectivity index (χ3n) is 3.31. The van der Waals surface area contributed by atoms with Crippen LogP contribution in [-0.4, -0.2) is 35.6 Å². The molecule has 0 bridgehead atoms. The minimum Gasteiger partial charge on any atom is -0.313 e. The summed E-state index contributed by atoms with van der Waals surface area (Å²) in [5.41, 5.74) is 3.11. The van der Waals surface area contributed by atoms with Crippen LogP contribution < -0.4 is 5.32 Å². The number of aromatic nitrogens is 1. The Morgan fingerprint density at radius 3 is 2.44 bits per heavy atom. The molecular formula is C14H27N3S. The van der Waals surface area contributed by atoms with E-state index in [-0.39, 0.29) is 0 Å². The second-order valence-electron chi connectivity index (χ2n) is 5.65. The van der Waals surface area contributed by atoms with Gasteiger partial charge in [-0.25, -0.2) is 4.98 Å². The van der Waals surface area contributed by atoms with Crippen molar-refractivity contribution in [3.63, 3.8) is 0 Å². The highest BCUT2D eigenvalue weighted by molar-refractivity contribution is 7.09. The van der Waals surface area contributed by atoms with Crippen LogP contribution in [-0.2, 0) is 6.54 Å². The highest BCUT2D eigenvalue weighted by Crippen LogP contribution is 2.18. The van der Waals surface area contributed by atoms with Crippen LogP contribution in [0, 0.1) is 12.8 Å². The van der Waals surface area contributed by atoms with Crippen LogP contribution in [0.4, 0.5) is 0 Å². The van der Waals surface area contributed by atoms with E-state index in [0.717, 1.165) is 13.1 Å². The smallest absolute Gasteiger partial charge is 0.0798 e. The lowest BCUT2D eigenvalue weighted by Gasteiger charge is -2.32. The third-order valence-corrected chi connectivity index (χ3v) is 4.23. The van der Waals surface area contributed by atoms with Crippen LogP contribution >= 0.6 is 11.3 Å². The van der Waals surface area contributed by atoms with Gasteiger partial charge in [0.15, 0.2) is 0 Å². The van der Waals surface area contributed by atoms with Crippen molar-refractivity contribution in [1.82, 2.24) is 15.2 Å². The van der Waals surface area contributed by atoms with Crippen LogP contribution in [0.5, 0.6) is 0 Å². The maximum absolute atomic E-state index is 4.32. The van der Waals surface area contributed by atoms with E-state index in [0.29, 0.717) is 18.0 Å². The van der Waals surface area contributed by atoms with Gasteiger partial charge in [-0.1, -0.05) is 27.7 Å². The summed E-state index contributed by atoms with van der Waals surface area (Å²) in [5, 5.41) is 3.55. The Balaban J connectivity index is 2.59. The number of rotatable bonds is 7. The fourth-order valence-corrected chi connectivity index (χ4v) is 2.92. The number of hydrogen-bond acceptors (Lipinski definition) is 4. The molecule has 0 radical (unpaired) electrons. The van der Waals surface area contributed by atoms with E-state index in [1.165, 1.54) is 10.6 Å². The largest absolute Gasteiger partial charge is 0.313 e. The molecule has 0 aromatic carbocycles. The fourth-order valence-electron chi connectivity index (χ4n) is 2.08. The predicted octanol–water partition coefficient (Wildman–Crippen LogP) is 2.91. The lowest BCUT2D eigenvalue weighted by atomic mass is 10.0. The number of aryl methyl sites for hydroxylation is 1. The lowest BCUT2D eigenvalue weighted by molar-refractivity contribution is 0.178. The number of thiazole rings is 1. The molecule has 0 fully saturated rings. The van der Waals surface area contributed by atoms with E-state index < -0.39 is 0 Å². The summed E-state index contributed by atoms with van der Waals surface area (Å²) in [4.78, 5) is 8.15. The quantitative estimate of drug-likeness (QED) is 0.825. The van der Waals surface area contributed by atoms with Gasteiger partial charge in [0.05, 0.1) is 11.2 Å². The zero-order valence-electron chi connectivity index (χ0n) is 12.5. The van der Waals surface area contributed by atoms with Gasteiger partial charge in [0.2, 0.25) is 0 Å². The molecule has 0 aliphatic heterocycles. The Kier molecular flexibility index (Phi) is 6.26. The molecule has 0 saturated carbocycles. The maximum Gasteiger partial charge on any atom is 0.0798 e. The minimum atomic E-state index is 0.546.